The summed E-state index contributed by atoms with van der Waals surface area (Å²) >= 11 is 0. The van der Waals surface area contributed by atoms with Gasteiger partial charge in [-0.15, -0.1) is 0 Å². The molecule has 0 aromatic heterocycles. The van der Waals surface area contributed by atoms with Crippen molar-refractivity contribution in [2.24, 2.45) is 5.73 Å². The van der Waals surface area contributed by atoms with Gasteiger partial charge in [-0.2, -0.15) is 13.5 Å². The zero-order valence-electron chi connectivity index (χ0n) is 7.46. The second-order valence-corrected chi connectivity index (χ2v) is 3.00. The summed E-state index contributed by atoms with van der Waals surface area (Å²) in [4.78, 5) is 0. The second kappa shape index (κ2) is 6.09. The molecule has 0 aliphatic heterocycles. The van der Waals surface area contributed by atoms with E-state index in [-0.39, 0.29) is 13.5 Å². The summed E-state index contributed by atoms with van der Waals surface area (Å²) in [5.41, 5.74) is 7.02. The van der Waals surface area contributed by atoms with Gasteiger partial charge in [0.1, 0.15) is 0 Å². The molecule has 0 amide bonds. The van der Waals surface area contributed by atoms with Crippen molar-refractivity contribution in [1.82, 2.24) is 0 Å². The van der Waals surface area contributed by atoms with Crippen LogP contribution in [0.2, 0.25) is 0 Å². The highest BCUT2D eigenvalue weighted by Crippen LogP contribution is 2.02. The van der Waals surface area contributed by atoms with E-state index in [0.29, 0.717) is 6.04 Å². The van der Waals surface area contributed by atoms with E-state index in [0.717, 1.165) is 12.8 Å². The third kappa shape index (κ3) is 4.42. The molecular weight excluding hydrogens is 166 g/mol. The number of hydrogen-bond acceptors (Lipinski definition) is 1. The first-order valence-electron chi connectivity index (χ1n) is 4.08. The summed E-state index contributed by atoms with van der Waals surface area (Å²) in [7, 11) is 0. The van der Waals surface area contributed by atoms with Crippen LogP contribution in [0.5, 0.6) is 0 Å². The summed E-state index contributed by atoms with van der Waals surface area (Å²) in [5.74, 6) is 0. The first kappa shape index (κ1) is 11.5. The Labute approximate surface area is 81.4 Å². The number of hydrogen-bond donors (Lipinski definition) is 1. The van der Waals surface area contributed by atoms with Crippen molar-refractivity contribution in [3.8, 4) is 0 Å². The van der Waals surface area contributed by atoms with Crippen LogP contribution in [0.15, 0.2) is 30.3 Å². The molecule has 0 saturated heterocycles. The minimum absolute atomic E-state index is 0. The third-order valence-electron chi connectivity index (χ3n) is 1.73. The molecule has 0 radical (unpaired) electrons. The average Bonchev–Trinajstić information content (AvgIpc) is 2.03. The van der Waals surface area contributed by atoms with Crippen LogP contribution in [0.1, 0.15) is 18.9 Å². The highest BCUT2D eigenvalue weighted by atomic mass is 32.1. The lowest BCUT2D eigenvalue weighted by molar-refractivity contribution is 0.666. The highest BCUT2D eigenvalue weighted by Gasteiger charge is 1.94. The molecule has 1 aromatic carbocycles. The largest absolute Gasteiger partial charge is 0.328 e. The Bertz CT molecular complexity index is 196. The number of nitrogens with two attached hydrogens (primary N) is 1. The van der Waals surface area contributed by atoms with E-state index >= 15 is 0 Å². The summed E-state index contributed by atoms with van der Waals surface area (Å²) in [5, 5.41) is 0. The van der Waals surface area contributed by atoms with Gasteiger partial charge in [-0.25, -0.2) is 0 Å². The van der Waals surface area contributed by atoms with E-state index < -0.39 is 0 Å². The Balaban J connectivity index is 0.00000121. The fraction of sp³-hybridized carbons (Fsp3) is 0.400. The molecule has 2 heteroatoms. The van der Waals surface area contributed by atoms with Crippen molar-refractivity contribution < 1.29 is 0 Å². The van der Waals surface area contributed by atoms with Gasteiger partial charge in [0.15, 0.2) is 0 Å². The van der Waals surface area contributed by atoms with Gasteiger partial charge in [0.2, 0.25) is 0 Å². The zero-order valence-corrected chi connectivity index (χ0v) is 8.46. The first-order chi connectivity index (χ1) is 5.29. The summed E-state index contributed by atoms with van der Waals surface area (Å²) in [6.07, 6.45) is 2.17. The van der Waals surface area contributed by atoms with Crippen LogP contribution in [0.25, 0.3) is 0 Å². The SMILES string of the molecule is CC(N)CCc1ccccc1.S. The molecule has 0 heterocycles. The molecule has 1 rings (SSSR count). The van der Waals surface area contributed by atoms with Gasteiger partial charge in [-0.1, -0.05) is 30.3 Å². The minimum Gasteiger partial charge on any atom is -0.328 e. The maximum Gasteiger partial charge on any atom is 0.00136 e. The average molecular weight is 183 g/mol. The summed E-state index contributed by atoms with van der Waals surface area (Å²) < 4.78 is 0. The maximum absolute atomic E-state index is 5.64. The lowest BCUT2D eigenvalue weighted by Crippen LogP contribution is -2.15. The second-order valence-electron chi connectivity index (χ2n) is 3.00. The zero-order chi connectivity index (χ0) is 8.10. The standard InChI is InChI=1S/C10H15N.H2S/c1-9(11)7-8-10-5-3-2-4-6-10;/h2-6,9H,7-8,11H2,1H3;1H2. The molecule has 1 aromatic rings. The van der Waals surface area contributed by atoms with Crippen molar-refractivity contribution in [2.75, 3.05) is 0 Å². The molecule has 0 saturated carbocycles. The van der Waals surface area contributed by atoms with Crippen molar-refractivity contribution in [3.05, 3.63) is 35.9 Å². The van der Waals surface area contributed by atoms with Gasteiger partial charge in [0.25, 0.3) is 0 Å². The molecule has 1 unspecified atom stereocenters. The fourth-order valence-electron chi connectivity index (χ4n) is 1.04. The van der Waals surface area contributed by atoms with Crippen LogP contribution in [0, 0.1) is 0 Å². The molecule has 12 heavy (non-hydrogen) atoms. The van der Waals surface area contributed by atoms with Crippen LogP contribution < -0.4 is 5.73 Å². The Kier molecular flexibility index (Phi) is 5.85. The molecule has 0 bridgehead atoms. The lowest BCUT2D eigenvalue weighted by atomic mass is 10.1. The highest BCUT2D eigenvalue weighted by molar-refractivity contribution is 7.59. The van der Waals surface area contributed by atoms with Crippen LogP contribution in [0.3, 0.4) is 0 Å². The fourth-order valence-corrected chi connectivity index (χ4v) is 1.04. The van der Waals surface area contributed by atoms with E-state index in [1.165, 1.54) is 5.56 Å². The number of rotatable bonds is 3. The molecule has 1 atom stereocenters. The van der Waals surface area contributed by atoms with Gasteiger partial charge < -0.3 is 5.73 Å². The predicted octanol–water partition coefficient (Wildman–Crippen LogP) is 2.08. The smallest absolute Gasteiger partial charge is 0.00136 e. The summed E-state index contributed by atoms with van der Waals surface area (Å²) in [6, 6.07) is 10.8. The molecule has 0 aliphatic rings. The molecule has 0 aliphatic carbocycles. The van der Waals surface area contributed by atoms with Gasteiger partial charge >= 0.3 is 0 Å². The maximum atomic E-state index is 5.64. The normalized spacial score (nSPS) is 11.8. The third-order valence-corrected chi connectivity index (χ3v) is 1.73. The van der Waals surface area contributed by atoms with Gasteiger partial charge in [-0.05, 0) is 25.3 Å². The van der Waals surface area contributed by atoms with E-state index in [2.05, 4.69) is 24.3 Å². The van der Waals surface area contributed by atoms with Gasteiger partial charge in [0, 0.05) is 6.04 Å². The van der Waals surface area contributed by atoms with Crippen LogP contribution in [0.4, 0.5) is 0 Å². The van der Waals surface area contributed by atoms with Gasteiger partial charge in [0.05, 0.1) is 0 Å². The number of benzene rings is 1. The van der Waals surface area contributed by atoms with Crippen molar-refractivity contribution in [2.45, 2.75) is 25.8 Å². The molecule has 2 N–H and O–H groups in total. The Hall–Kier alpha value is -0.470. The van der Waals surface area contributed by atoms with Crippen molar-refractivity contribution in [1.29, 1.82) is 0 Å². The first-order valence-corrected chi connectivity index (χ1v) is 4.08. The molecular formula is C10H17NS. The molecule has 68 valence electrons. The number of aryl methyl sites for hydroxylation is 1. The molecule has 0 spiro atoms. The molecule has 1 nitrogen and oxygen atoms in total. The minimum atomic E-state index is 0. The molecule has 0 fully saturated rings. The Morgan fingerprint density at radius 2 is 1.83 bits per heavy atom. The van der Waals surface area contributed by atoms with Gasteiger partial charge in [-0.3, -0.25) is 0 Å². The predicted molar refractivity (Wildman–Crippen MR) is 58.8 cm³/mol. The van der Waals surface area contributed by atoms with E-state index in [4.69, 9.17) is 5.73 Å². The summed E-state index contributed by atoms with van der Waals surface area (Å²) in [6.45, 7) is 2.04. The quantitative estimate of drug-likeness (QED) is 0.763. The monoisotopic (exact) mass is 183 g/mol. The van der Waals surface area contributed by atoms with Crippen LogP contribution >= 0.6 is 13.5 Å². The Morgan fingerprint density at radius 1 is 1.25 bits per heavy atom. The topological polar surface area (TPSA) is 26.0 Å². The van der Waals surface area contributed by atoms with Crippen molar-refractivity contribution >= 4 is 13.5 Å². The van der Waals surface area contributed by atoms with E-state index in [1.54, 1.807) is 0 Å². The van der Waals surface area contributed by atoms with Crippen LogP contribution in [-0.4, -0.2) is 6.04 Å². The van der Waals surface area contributed by atoms with Crippen LogP contribution in [-0.2, 0) is 6.42 Å². The Morgan fingerprint density at radius 3 is 2.33 bits per heavy atom. The van der Waals surface area contributed by atoms with E-state index in [1.807, 2.05) is 13.0 Å². The van der Waals surface area contributed by atoms with Crippen molar-refractivity contribution in [3.63, 3.8) is 0 Å². The lowest BCUT2D eigenvalue weighted by Gasteiger charge is -2.03. The van der Waals surface area contributed by atoms with E-state index in [9.17, 15) is 0 Å².